The quantitative estimate of drug-likeness (QED) is 0.496. The van der Waals surface area contributed by atoms with Crippen LogP contribution in [0.1, 0.15) is 74.6 Å². The molecular formula is C25H31N3O3. The van der Waals surface area contributed by atoms with E-state index in [-0.39, 0.29) is 11.4 Å². The van der Waals surface area contributed by atoms with Gasteiger partial charge in [-0.05, 0) is 74.1 Å². The molecule has 1 heterocycles. The minimum Gasteiger partial charge on any atom is -0.466 e. The topological polar surface area (TPSA) is 77.2 Å². The van der Waals surface area contributed by atoms with E-state index < -0.39 is 0 Å². The number of rotatable bonds is 7. The Hall–Kier alpha value is -2.63. The third-order valence-electron chi connectivity index (χ3n) is 7.45. The van der Waals surface area contributed by atoms with Gasteiger partial charge in [-0.3, -0.25) is 0 Å². The minimum absolute atomic E-state index is 0.109. The molecule has 5 rings (SSSR count). The number of nitrogens with one attached hydrogen (secondary N) is 1. The Morgan fingerprint density at radius 3 is 3.03 bits per heavy atom. The van der Waals surface area contributed by atoms with Crippen LogP contribution in [0.15, 0.2) is 34.9 Å². The van der Waals surface area contributed by atoms with Crippen molar-refractivity contribution in [1.82, 2.24) is 10.1 Å². The predicted octanol–water partition coefficient (Wildman–Crippen LogP) is 5.08. The van der Waals surface area contributed by atoms with Crippen molar-refractivity contribution in [2.75, 3.05) is 19.0 Å². The molecule has 6 heteroatoms. The van der Waals surface area contributed by atoms with Gasteiger partial charge in [0.1, 0.15) is 0 Å². The zero-order valence-corrected chi connectivity index (χ0v) is 18.2. The molecular weight excluding hydrogens is 390 g/mol. The molecule has 0 aliphatic heterocycles. The number of hydrogen-bond donors (Lipinski definition) is 1. The highest BCUT2D eigenvalue weighted by molar-refractivity contribution is 5.87. The van der Waals surface area contributed by atoms with Gasteiger partial charge in [-0.1, -0.05) is 30.1 Å². The number of ether oxygens (including phenoxy) is 1. The Kier molecular flexibility index (Phi) is 5.55. The summed E-state index contributed by atoms with van der Waals surface area (Å²) >= 11 is 0. The van der Waals surface area contributed by atoms with Crippen LogP contribution in [-0.4, -0.2) is 29.8 Å². The summed E-state index contributed by atoms with van der Waals surface area (Å²) < 4.78 is 10.5. The van der Waals surface area contributed by atoms with Crippen molar-refractivity contribution in [2.24, 2.45) is 11.8 Å². The van der Waals surface area contributed by atoms with E-state index in [9.17, 15) is 4.79 Å². The predicted molar refractivity (Wildman–Crippen MR) is 119 cm³/mol. The number of fused-ring (bicyclic) bond motifs is 2. The third-order valence-corrected chi connectivity index (χ3v) is 7.45. The summed E-state index contributed by atoms with van der Waals surface area (Å²) in [6.45, 7) is 0.974. The molecule has 2 aromatic rings. The van der Waals surface area contributed by atoms with Gasteiger partial charge in [0.05, 0.1) is 7.11 Å². The van der Waals surface area contributed by atoms with Crippen LogP contribution >= 0.6 is 0 Å². The molecule has 6 nitrogen and oxygen atoms in total. The Morgan fingerprint density at radius 1 is 1.29 bits per heavy atom. The molecule has 31 heavy (non-hydrogen) atoms. The van der Waals surface area contributed by atoms with Crippen LogP contribution in [0.5, 0.6) is 0 Å². The molecule has 3 unspecified atom stereocenters. The highest BCUT2D eigenvalue weighted by atomic mass is 16.5. The van der Waals surface area contributed by atoms with Crippen LogP contribution in [-0.2, 0) is 14.9 Å². The molecule has 1 aromatic carbocycles. The molecule has 1 aromatic heterocycles. The molecule has 3 aliphatic rings. The van der Waals surface area contributed by atoms with Gasteiger partial charge in [0.25, 0.3) is 0 Å². The van der Waals surface area contributed by atoms with Crippen molar-refractivity contribution in [1.29, 1.82) is 0 Å². The van der Waals surface area contributed by atoms with Crippen LogP contribution in [0.4, 0.5) is 5.69 Å². The van der Waals surface area contributed by atoms with E-state index in [0.717, 1.165) is 35.9 Å². The van der Waals surface area contributed by atoms with E-state index in [1.54, 1.807) is 6.08 Å². The molecule has 3 fully saturated rings. The molecule has 0 radical (unpaired) electrons. The average molecular weight is 422 g/mol. The van der Waals surface area contributed by atoms with E-state index in [2.05, 4.69) is 27.3 Å². The van der Waals surface area contributed by atoms with E-state index >= 15 is 0 Å². The zero-order chi connectivity index (χ0) is 21.3. The lowest BCUT2D eigenvalue weighted by Crippen LogP contribution is -2.42. The summed E-state index contributed by atoms with van der Waals surface area (Å²) in [5, 5.41) is 7.93. The van der Waals surface area contributed by atoms with Crippen LogP contribution < -0.4 is 5.32 Å². The van der Waals surface area contributed by atoms with Gasteiger partial charge >= 0.3 is 5.97 Å². The van der Waals surface area contributed by atoms with E-state index in [1.165, 1.54) is 58.1 Å². The Morgan fingerprint density at radius 2 is 2.19 bits per heavy atom. The van der Waals surface area contributed by atoms with Gasteiger partial charge in [0, 0.05) is 29.6 Å². The smallest absolute Gasteiger partial charge is 0.330 e. The SMILES string of the molecule is COC(=O)/C=C/c1cccc(NCC2CCC3(c4nc(C5CC5)no4)CCCC2C3)c1. The fraction of sp³-hybridized carbons (Fsp3) is 0.560. The van der Waals surface area contributed by atoms with Crippen molar-refractivity contribution >= 4 is 17.7 Å². The maximum atomic E-state index is 11.3. The summed E-state index contributed by atoms with van der Waals surface area (Å²) in [5.74, 6) is 3.42. The van der Waals surface area contributed by atoms with Gasteiger partial charge in [-0.2, -0.15) is 4.98 Å². The molecule has 3 atom stereocenters. The first-order valence-electron chi connectivity index (χ1n) is 11.6. The molecule has 3 saturated carbocycles. The summed E-state index contributed by atoms with van der Waals surface area (Å²) in [6.07, 6.45) is 12.9. The van der Waals surface area contributed by atoms with Crippen LogP contribution in [0.3, 0.4) is 0 Å². The van der Waals surface area contributed by atoms with Crippen molar-refractivity contribution < 1.29 is 14.1 Å². The third kappa shape index (κ3) is 4.39. The molecule has 3 aliphatic carbocycles. The fourth-order valence-electron chi connectivity index (χ4n) is 5.50. The first-order chi connectivity index (χ1) is 15.1. The monoisotopic (exact) mass is 421 g/mol. The largest absolute Gasteiger partial charge is 0.466 e. The molecule has 0 amide bonds. The first-order valence-corrected chi connectivity index (χ1v) is 11.6. The summed E-state index contributed by atoms with van der Waals surface area (Å²) in [5.41, 5.74) is 2.18. The van der Waals surface area contributed by atoms with Gasteiger partial charge < -0.3 is 14.6 Å². The fourth-order valence-corrected chi connectivity index (χ4v) is 5.50. The highest BCUT2D eigenvalue weighted by Crippen LogP contribution is 2.52. The van der Waals surface area contributed by atoms with Crippen molar-refractivity contribution in [2.45, 2.75) is 62.7 Å². The standard InChI is InChI=1S/C25H31N3O3/c1-30-22(29)10-7-17-4-2-6-21(14-17)26-16-20-11-13-25(12-3-5-19(20)15-25)24-27-23(28-31-24)18-8-9-18/h2,4,6-7,10,14,18-20,26H,3,5,8-9,11-13,15-16H2,1H3/b10-7+. The zero-order valence-electron chi connectivity index (χ0n) is 18.2. The normalized spacial score (nSPS) is 27.9. The second-order valence-corrected chi connectivity index (χ2v) is 9.53. The Labute approximate surface area is 183 Å². The summed E-state index contributed by atoms with van der Waals surface area (Å²) in [4.78, 5) is 16.2. The van der Waals surface area contributed by atoms with Crippen molar-refractivity contribution in [3.8, 4) is 0 Å². The first kappa shape index (κ1) is 20.3. The summed E-state index contributed by atoms with van der Waals surface area (Å²) in [6, 6.07) is 8.16. The number of anilines is 1. The summed E-state index contributed by atoms with van der Waals surface area (Å²) in [7, 11) is 1.39. The van der Waals surface area contributed by atoms with Gasteiger partial charge in [0.15, 0.2) is 5.82 Å². The lowest BCUT2D eigenvalue weighted by Gasteiger charge is -2.46. The maximum Gasteiger partial charge on any atom is 0.330 e. The van der Waals surface area contributed by atoms with Gasteiger partial charge in [-0.25, -0.2) is 4.79 Å². The number of hydrogen-bond acceptors (Lipinski definition) is 6. The Balaban J connectivity index is 1.21. The minimum atomic E-state index is -0.341. The van der Waals surface area contributed by atoms with E-state index in [0.29, 0.717) is 17.8 Å². The number of carbonyl (C=O) groups is 1. The van der Waals surface area contributed by atoms with Crippen LogP contribution in [0.25, 0.3) is 6.08 Å². The molecule has 1 N–H and O–H groups in total. The average Bonchev–Trinajstić information content (AvgIpc) is 3.53. The highest BCUT2D eigenvalue weighted by Gasteiger charge is 2.48. The number of benzene rings is 1. The number of methoxy groups -OCH3 is 1. The molecule has 0 saturated heterocycles. The molecule has 2 bridgehead atoms. The van der Waals surface area contributed by atoms with Crippen molar-refractivity contribution in [3.05, 3.63) is 47.6 Å². The lowest BCUT2D eigenvalue weighted by atomic mass is 9.58. The second-order valence-electron chi connectivity index (χ2n) is 9.53. The van der Waals surface area contributed by atoms with Crippen molar-refractivity contribution in [3.63, 3.8) is 0 Å². The number of esters is 1. The maximum absolute atomic E-state index is 11.3. The second kappa shape index (κ2) is 8.48. The van der Waals surface area contributed by atoms with Gasteiger partial charge in [0.2, 0.25) is 5.89 Å². The number of aromatic nitrogens is 2. The lowest BCUT2D eigenvalue weighted by molar-refractivity contribution is -0.134. The van der Waals surface area contributed by atoms with Gasteiger partial charge in [-0.15, -0.1) is 0 Å². The number of carbonyl (C=O) groups excluding carboxylic acids is 1. The number of nitrogens with zero attached hydrogens (tertiary/aromatic N) is 2. The van der Waals surface area contributed by atoms with E-state index in [1.807, 2.05) is 12.1 Å². The Bertz CT molecular complexity index is 964. The molecule has 0 spiro atoms. The molecule has 164 valence electrons. The van der Waals surface area contributed by atoms with E-state index in [4.69, 9.17) is 9.51 Å². The van der Waals surface area contributed by atoms with Crippen LogP contribution in [0.2, 0.25) is 0 Å². The van der Waals surface area contributed by atoms with Crippen LogP contribution in [0, 0.1) is 11.8 Å².